The van der Waals surface area contributed by atoms with E-state index in [-0.39, 0.29) is 16.1 Å². The van der Waals surface area contributed by atoms with Crippen molar-refractivity contribution in [3.05, 3.63) is 34.3 Å². The van der Waals surface area contributed by atoms with Crippen LogP contribution in [0.4, 0.5) is 0 Å². The van der Waals surface area contributed by atoms with Gasteiger partial charge >= 0.3 is 5.97 Å². The summed E-state index contributed by atoms with van der Waals surface area (Å²) in [6.45, 7) is 0. The van der Waals surface area contributed by atoms with E-state index in [1.54, 1.807) is 0 Å². The van der Waals surface area contributed by atoms with E-state index in [1.807, 2.05) is 0 Å². The summed E-state index contributed by atoms with van der Waals surface area (Å²) < 4.78 is -1.72. The molecule has 14 heavy (non-hydrogen) atoms. The SMILES string of the molecule is O=C(O)c1ccc(Cl)c(C(Cl)(Cl)Cl)c1. The van der Waals surface area contributed by atoms with E-state index >= 15 is 0 Å². The molecule has 6 heteroatoms. The van der Waals surface area contributed by atoms with Crippen LogP contribution >= 0.6 is 46.4 Å². The molecule has 0 fully saturated rings. The number of hydrogen-bond donors (Lipinski definition) is 1. The van der Waals surface area contributed by atoms with Crippen molar-refractivity contribution >= 4 is 52.4 Å². The maximum atomic E-state index is 10.6. The highest BCUT2D eigenvalue weighted by atomic mass is 35.6. The topological polar surface area (TPSA) is 37.3 Å². The number of carboxylic acid groups (broad SMARTS) is 1. The van der Waals surface area contributed by atoms with Gasteiger partial charge in [0, 0.05) is 10.6 Å². The molecule has 0 amide bonds. The third kappa shape index (κ3) is 2.67. The van der Waals surface area contributed by atoms with E-state index in [0.717, 1.165) is 0 Å². The van der Waals surface area contributed by atoms with Gasteiger partial charge in [-0.2, -0.15) is 0 Å². The van der Waals surface area contributed by atoms with Crippen molar-refractivity contribution < 1.29 is 9.90 Å². The molecule has 0 bridgehead atoms. The van der Waals surface area contributed by atoms with Gasteiger partial charge in [-0.05, 0) is 18.2 Å². The number of rotatable bonds is 1. The van der Waals surface area contributed by atoms with Gasteiger partial charge in [-0.15, -0.1) is 0 Å². The summed E-state index contributed by atoms with van der Waals surface area (Å²) in [5, 5.41) is 8.91. The fourth-order valence-corrected chi connectivity index (χ4v) is 1.75. The van der Waals surface area contributed by atoms with Crippen LogP contribution in [0.5, 0.6) is 0 Å². The Labute approximate surface area is 100 Å². The van der Waals surface area contributed by atoms with E-state index in [2.05, 4.69) is 0 Å². The average molecular weight is 274 g/mol. The fraction of sp³-hybridized carbons (Fsp3) is 0.125. The number of aromatic carboxylic acids is 1. The molecule has 0 saturated heterocycles. The van der Waals surface area contributed by atoms with E-state index in [1.165, 1.54) is 18.2 Å². The number of benzene rings is 1. The molecular formula is C8H4Cl4O2. The van der Waals surface area contributed by atoms with Gasteiger partial charge in [0.2, 0.25) is 3.79 Å². The molecular weight excluding hydrogens is 270 g/mol. The molecule has 1 N–H and O–H groups in total. The molecule has 76 valence electrons. The zero-order valence-corrected chi connectivity index (χ0v) is 9.62. The molecule has 0 aliphatic rings. The Hall–Kier alpha value is -0.150. The number of alkyl halides is 3. The van der Waals surface area contributed by atoms with Crippen LogP contribution in [-0.2, 0) is 3.79 Å². The van der Waals surface area contributed by atoms with Crippen LogP contribution in [0.2, 0.25) is 5.02 Å². The predicted octanol–water partition coefficient (Wildman–Crippen LogP) is 3.86. The zero-order valence-electron chi connectivity index (χ0n) is 6.60. The molecule has 0 radical (unpaired) electrons. The molecule has 0 spiro atoms. The minimum absolute atomic E-state index is 0.0238. The van der Waals surface area contributed by atoms with Crippen LogP contribution in [0.1, 0.15) is 15.9 Å². The van der Waals surface area contributed by atoms with Crippen molar-refractivity contribution in [1.29, 1.82) is 0 Å². The average Bonchev–Trinajstić information content (AvgIpc) is 2.02. The first-order valence-electron chi connectivity index (χ1n) is 3.42. The van der Waals surface area contributed by atoms with Gasteiger partial charge in [0.1, 0.15) is 0 Å². The van der Waals surface area contributed by atoms with Gasteiger partial charge in [0.25, 0.3) is 0 Å². The lowest BCUT2D eigenvalue weighted by Gasteiger charge is -2.13. The molecule has 2 nitrogen and oxygen atoms in total. The normalized spacial score (nSPS) is 11.4. The highest BCUT2D eigenvalue weighted by Crippen LogP contribution is 2.42. The second-order valence-corrected chi connectivity index (χ2v) is 5.19. The molecule has 0 heterocycles. The standard InChI is InChI=1S/C8H4Cl4O2/c9-6-2-1-4(7(13)14)3-5(6)8(10,11)12/h1-3H,(H,13,14). The second kappa shape index (κ2) is 4.15. The Morgan fingerprint density at radius 2 is 1.86 bits per heavy atom. The van der Waals surface area contributed by atoms with Crippen LogP contribution in [-0.4, -0.2) is 11.1 Å². The Kier molecular flexibility index (Phi) is 3.53. The molecule has 0 unspecified atom stereocenters. The highest BCUT2D eigenvalue weighted by Gasteiger charge is 2.26. The van der Waals surface area contributed by atoms with Crippen LogP contribution in [0.25, 0.3) is 0 Å². The maximum Gasteiger partial charge on any atom is 0.335 e. The number of carbonyl (C=O) groups is 1. The van der Waals surface area contributed by atoms with Gasteiger partial charge in [0.05, 0.1) is 5.56 Å². The molecule has 0 aromatic heterocycles. The Balaban J connectivity index is 3.29. The molecule has 0 atom stereocenters. The summed E-state index contributed by atoms with van der Waals surface area (Å²) in [5.74, 6) is -1.10. The smallest absolute Gasteiger partial charge is 0.335 e. The quantitative estimate of drug-likeness (QED) is 0.789. The molecule has 0 aliphatic heterocycles. The molecule has 1 rings (SSSR count). The molecule has 1 aromatic carbocycles. The van der Waals surface area contributed by atoms with E-state index in [9.17, 15) is 4.79 Å². The highest BCUT2D eigenvalue weighted by molar-refractivity contribution is 6.67. The molecule has 0 aliphatic carbocycles. The van der Waals surface area contributed by atoms with Crippen LogP contribution in [0.15, 0.2) is 18.2 Å². The monoisotopic (exact) mass is 272 g/mol. The summed E-state index contributed by atoms with van der Waals surface area (Å²) >= 11 is 22.5. The van der Waals surface area contributed by atoms with Crippen molar-refractivity contribution in [2.45, 2.75) is 3.79 Å². The predicted molar refractivity (Wildman–Crippen MR) is 57.6 cm³/mol. The van der Waals surface area contributed by atoms with Crippen molar-refractivity contribution in [2.24, 2.45) is 0 Å². The first kappa shape index (κ1) is 11.9. The number of hydrogen-bond acceptors (Lipinski definition) is 1. The van der Waals surface area contributed by atoms with Crippen LogP contribution in [0, 0.1) is 0 Å². The second-order valence-electron chi connectivity index (χ2n) is 2.50. The first-order valence-corrected chi connectivity index (χ1v) is 4.93. The minimum Gasteiger partial charge on any atom is -0.478 e. The van der Waals surface area contributed by atoms with Crippen molar-refractivity contribution in [3.63, 3.8) is 0 Å². The maximum absolute atomic E-state index is 10.6. The Morgan fingerprint density at radius 1 is 1.29 bits per heavy atom. The van der Waals surface area contributed by atoms with Gasteiger partial charge in [-0.1, -0.05) is 46.4 Å². The lowest BCUT2D eigenvalue weighted by Crippen LogP contribution is -2.04. The van der Waals surface area contributed by atoms with Crippen LogP contribution < -0.4 is 0 Å². The lowest BCUT2D eigenvalue weighted by molar-refractivity contribution is 0.0697. The number of carboxylic acids is 1. The summed E-state index contributed by atoms with van der Waals surface area (Å²) in [6, 6.07) is 3.95. The van der Waals surface area contributed by atoms with Crippen LogP contribution in [0.3, 0.4) is 0 Å². The van der Waals surface area contributed by atoms with Crippen molar-refractivity contribution in [2.75, 3.05) is 0 Å². The summed E-state index contributed by atoms with van der Waals surface area (Å²) in [6.07, 6.45) is 0. The largest absolute Gasteiger partial charge is 0.478 e. The summed E-state index contributed by atoms with van der Waals surface area (Å²) in [4.78, 5) is 10.6. The molecule has 0 saturated carbocycles. The molecule has 1 aromatic rings. The lowest BCUT2D eigenvalue weighted by atomic mass is 10.1. The van der Waals surface area contributed by atoms with E-state index in [0.29, 0.717) is 0 Å². The van der Waals surface area contributed by atoms with Crippen molar-refractivity contribution in [3.8, 4) is 0 Å². The van der Waals surface area contributed by atoms with E-state index in [4.69, 9.17) is 51.5 Å². The van der Waals surface area contributed by atoms with Crippen molar-refractivity contribution in [1.82, 2.24) is 0 Å². The van der Waals surface area contributed by atoms with E-state index < -0.39 is 9.76 Å². The third-order valence-electron chi connectivity index (χ3n) is 1.52. The first-order chi connectivity index (χ1) is 6.32. The zero-order chi connectivity index (χ0) is 10.9. The fourth-order valence-electron chi connectivity index (χ4n) is 0.876. The summed E-state index contributed by atoms with van der Waals surface area (Å²) in [7, 11) is 0. The Bertz CT molecular complexity index is 370. The number of halogens is 4. The van der Waals surface area contributed by atoms with Gasteiger partial charge < -0.3 is 5.11 Å². The minimum atomic E-state index is -1.72. The van der Waals surface area contributed by atoms with Gasteiger partial charge in [0.15, 0.2) is 0 Å². The third-order valence-corrected chi connectivity index (χ3v) is 2.46. The summed E-state index contributed by atoms with van der Waals surface area (Å²) in [5.41, 5.74) is 0.180. The van der Waals surface area contributed by atoms with Gasteiger partial charge in [-0.25, -0.2) is 4.79 Å². The van der Waals surface area contributed by atoms with Gasteiger partial charge in [-0.3, -0.25) is 0 Å². The Morgan fingerprint density at radius 3 is 2.29 bits per heavy atom.